The first-order chi connectivity index (χ1) is 64.5. The third kappa shape index (κ3) is 19.9. The van der Waals surface area contributed by atoms with Crippen molar-refractivity contribution in [1.29, 1.82) is 0 Å². The van der Waals surface area contributed by atoms with Crippen LogP contribution in [0.25, 0.3) is 131 Å². The van der Waals surface area contributed by atoms with Crippen molar-refractivity contribution in [2.75, 3.05) is 26.1 Å². The Hall–Kier alpha value is -14.2. The Bertz CT molecular complexity index is 8440. The highest BCUT2D eigenvalue weighted by Gasteiger charge is 2.26. The number of para-hydroxylation sites is 6. The molecule has 18 aromatic rings. The van der Waals surface area contributed by atoms with Crippen molar-refractivity contribution in [2.24, 2.45) is 5.41 Å². The van der Waals surface area contributed by atoms with Gasteiger partial charge in [0.25, 0.3) is 0 Å². The summed E-state index contributed by atoms with van der Waals surface area (Å²) in [6.07, 6.45) is 0. The molecule has 0 fully saturated rings. The lowest BCUT2D eigenvalue weighted by molar-refractivity contribution is -0.138. The fourth-order valence-electron chi connectivity index (χ4n) is 16.7. The van der Waals surface area contributed by atoms with Gasteiger partial charge in [-0.2, -0.15) is 0 Å². The highest BCUT2D eigenvalue weighted by Crippen LogP contribution is 2.39. The van der Waals surface area contributed by atoms with E-state index in [1.165, 1.54) is 65.2 Å². The van der Waals surface area contributed by atoms with Crippen LogP contribution in [0.4, 0.5) is 10.1 Å². The SMILES string of the molecule is CC(C)(C)CNc1ccc2c(=O)c3ccc(Cl)c(Cl)c3n(CC(=O)O)c2c1.COc1ccc2c(c1C)c(=O)c1ccc(Cl)c(Cl)c1n2CC(=O)O.COc1cccc2c(=O)c3ccccc3n(CC(=O)O)c12.Cc1c(F)ccc2c1c(=O)c1ccc(Cl)c(Cl)c1n2CC(=O)O.Cc1cccc2c(=O)c3cccc(C)c3n(CC(=O)O)c12.O=C(O)Cn1c2ccccc2c(=O)c2cccc(Br)c21. The maximum atomic E-state index is 13.9. The van der Waals surface area contributed by atoms with Gasteiger partial charge < -0.3 is 72.8 Å². The summed E-state index contributed by atoms with van der Waals surface area (Å²) in [4.78, 5) is 144. The molecule has 0 unspecified atom stereocenters. The standard InChI is InChI=1S/C20H20Cl2N2O3.C17H13Cl2NO4.C17H15NO3.C16H10Cl2FNO3.C16H13NO4.C15H10BrNO3/c1-20(2,3)10-23-11-4-5-12-15(8-11)24(9-16(25)26)18-13(19(12)27)6-7-14(21)17(18)22;1-8-12(24-2)6-5-11-14(8)17(23)9-3-4-10(18)15(19)16(9)20(11)7-13(21)22;1-10-5-3-7-12-15(10)18(9-14(19)20)16-11(2)6-4-8-13(16)17(12)21;1-7-10(19)4-5-11-13(7)16(23)8-2-3-9(17)14(18)15(8)20(11)6-12(21)22;1-21-13-8-4-6-11-15(13)17(9-14(18)19)12-7-3-2-5-10(12)16(11)20;16-11-6-3-5-10-14(11)17(8-13(18)19)12-7-2-1-4-9(12)15(10)20/h4-8,23H,9-10H2,1-3H3,(H,25,26);3-6H,7H2,1-2H3,(H,21,22);3-8H,9H2,1-2H3,(H,19,20);2-5H,6H2,1H3,(H,21,22);2-8H,9H2,1H3,(H,18,19);1-7H,8H2,(H,18,19). The van der Waals surface area contributed by atoms with Gasteiger partial charge in [0.1, 0.15) is 56.6 Å². The number of fused-ring (bicyclic) bond motifs is 12. The number of aromatic nitrogens is 6. The average molecular weight is 2020 g/mol. The zero-order valence-electron chi connectivity index (χ0n) is 73.6. The molecular formula is C101H81BrCl6FN7O20. The summed E-state index contributed by atoms with van der Waals surface area (Å²) in [5, 5.41) is 64.8. The maximum absolute atomic E-state index is 13.9. The lowest BCUT2D eigenvalue weighted by atomic mass is 9.97. The van der Waals surface area contributed by atoms with E-state index in [4.69, 9.17) is 84.2 Å². The minimum Gasteiger partial charge on any atom is -0.496 e. The van der Waals surface area contributed by atoms with E-state index >= 15 is 0 Å². The van der Waals surface area contributed by atoms with Crippen molar-refractivity contribution in [3.63, 3.8) is 0 Å². The first-order valence-corrected chi connectivity index (χ1v) is 44.4. The van der Waals surface area contributed by atoms with Crippen LogP contribution in [0.1, 0.15) is 43.0 Å². The van der Waals surface area contributed by atoms with Crippen LogP contribution in [0, 0.1) is 38.9 Å². The number of carboxylic acid groups (broad SMARTS) is 6. The predicted octanol–water partition coefficient (Wildman–Crippen LogP) is 21.0. The molecule has 35 heteroatoms. The number of aliphatic carboxylic acids is 6. The molecule has 0 spiro atoms. The Morgan fingerprint density at radius 3 is 1.09 bits per heavy atom. The Labute approximate surface area is 807 Å². The molecular weight excluding hydrogens is 1940 g/mol. The Balaban J connectivity index is 0.000000138. The quantitative estimate of drug-likeness (QED) is 0.0442. The minimum atomic E-state index is -1.12. The van der Waals surface area contributed by atoms with Crippen LogP contribution in [0.5, 0.6) is 11.5 Å². The fraction of sp³-hybridized carbons (Fsp3) is 0.168. The van der Waals surface area contributed by atoms with Crippen LogP contribution in [0.15, 0.2) is 233 Å². The summed E-state index contributed by atoms with van der Waals surface area (Å²) in [6.45, 7) is 12.4. The van der Waals surface area contributed by atoms with Gasteiger partial charge in [-0.3, -0.25) is 57.5 Å². The normalized spacial score (nSPS) is 11.3. The van der Waals surface area contributed by atoms with Crippen LogP contribution in [0.3, 0.4) is 0 Å². The van der Waals surface area contributed by atoms with Crippen LogP contribution < -0.4 is 47.4 Å². The lowest BCUT2D eigenvalue weighted by Gasteiger charge is -2.20. The van der Waals surface area contributed by atoms with E-state index in [9.17, 15) is 87.5 Å². The highest BCUT2D eigenvalue weighted by atomic mass is 79.9. The summed E-state index contributed by atoms with van der Waals surface area (Å²) in [6, 6.07) is 55.8. The molecule has 0 radical (unpaired) electrons. The number of anilines is 1. The van der Waals surface area contributed by atoms with Crippen molar-refractivity contribution >= 4 is 258 Å². The molecule has 0 saturated carbocycles. The van der Waals surface area contributed by atoms with Gasteiger partial charge in [-0.05, 0) is 205 Å². The number of hydrogen-bond donors (Lipinski definition) is 7. The highest BCUT2D eigenvalue weighted by molar-refractivity contribution is 9.10. The Morgan fingerprint density at radius 2 is 0.662 bits per heavy atom. The molecule has 27 nitrogen and oxygen atoms in total. The molecule has 696 valence electrons. The van der Waals surface area contributed by atoms with Gasteiger partial charge >= 0.3 is 35.8 Å². The van der Waals surface area contributed by atoms with Crippen molar-refractivity contribution in [3.8, 4) is 11.5 Å². The number of nitrogens with one attached hydrogen (secondary N) is 1. The largest absolute Gasteiger partial charge is 0.496 e. The molecule has 0 atom stereocenters. The molecule has 0 aliphatic heterocycles. The lowest BCUT2D eigenvalue weighted by Crippen LogP contribution is -2.20. The average Bonchev–Trinajstić information content (AvgIpc) is 0.763. The number of methoxy groups -OCH3 is 2. The number of hydrogen-bond acceptors (Lipinski definition) is 15. The maximum Gasteiger partial charge on any atom is 0.323 e. The second-order valence-electron chi connectivity index (χ2n) is 32.6. The second kappa shape index (κ2) is 41.0. The van der Waals surface area contributed by atoms with Gasteiger partial charge in [0.15, 0.2) is 32.6 Å². The van der Waals surface area contributed by atoms with E-state index in [0.717, 1.165) is 23.4 Å². The zero-order valence-corrected chi connectivity index (χ0v) is 79.7. The van der Waals surface area contributed by atoms with Crippen molar-refractivity contribution < 1.29 is 73.3 Å². The fourth-order valence-corrected chi connectivity index (χ4v) is 18.5. The molecule has 0 aliphatic rings. The molecule has 0 aliphatic carbocycles. The first-order valence-electron chi connectivity index (χ1n) is 41.4. The van der Waals surface area contributed by atoms with E-state index in [2.05, 4.69) is 42.0 Å². The van der Waals surface area contributed by atoms with E-state index in [-0.39, 0.29) is 117 Å². The smallest absolute Gasteiger partial charge is 0.323 e. The van der Waals surface area contributed by atoms with Gasteiger partial charge in [0, 0.05) is 70.7 Å². The molecule has 6 heterocycles. The number of halogens is 8. The van der Waals surface area contributed by atoms with Crippen LogP contribution in [0.2, 0.25) is 30.1 Å². The van der Waals surface area contributed by atoms with Gasteiger partial charge in [-0.25, -0.2) is 4.39 Å². The van der Waals surface area contributed by atoms with E-state index in [1.807, 2.05) is 44.2 Å². The van der Waals surface area contributed by atoms with E-state index < -0.39 is 53.6 Å². The van der Waals surface area contributed by atoms with Gasteiger partial charge in [-0.1, -0.05) is 151 Å². The molecule has 0 bridgehead atoms. The predicted molar refractivity (Wildman–Crippen MR) is 538 cm³/mol. The number of carbonyl (C=O) groups is 6. The van der Waals surface area contributed by atoms with Crippen LogP contribution >= 0.6 is 85.5 Å². The summed E-state index contributed by atoms with van der Waals surface area (Å²) in [5.41, 5.74) is 8.23. The third-order valence-corrected chi connectivity index (χ3v) is 25.5. The van der Waals surface area contributed by atoms with E-state index in [0.29, 0.717) is 136 Å². The Kier molecular flexibility index (Phi) is 29.9. The molecule has 12 aromatic carbocycles. The molecule has 0 amide bonds. The van der Waals surface area contributed by atoms with Crippen LogP contribution in [-0.2, 0) is 68.0 Å². The topological polar surface area (TPSA) is 386 Å². The third-order valence-electron chi connectivity index (χ3n) is 22.5. The van der Waals surface area contributed by atoms with Gasteiger partial charge in [0.2, 0.25) is 0 Å². The number of ether oxygens (including phenoxy) is 2. The number of nitrogens with zero attached hydrogens (tertiary/aromatic N) is 6. The summed E-state index contributed by atoms with van der Waals surface area (Å²) in [5.74, 6) is -5.54. The van der Waals surface area contributed by atoms with Crippen molar-refractivity contribution in [1.82, 2.24) is 27.4 Å². The summed E-state index contributed by atoms with van der Waals surface area (Å²) < 4.78 is 34.5. The van der Waals surface area contributed by atoms with Gasteiger partial charge in [-0.15, -0.1) is 0 Å². The van der Waals surface area contributed by atoms with Crippen molar-refractivity contribution in [3.05, 3.63) is 324 Å². The monoisotopic (exact) mass is 2020 g/mol. The molecule has 6 aromatic heterocycles. The number of aryl methyl sites for hydroxylation is 4. The number of pyridine rings is 6. The first kappa shape index (κ1) is 99.3. The molecule has 7 N–H and O–H groups in total. The molecule has 18 rings (SSSR count). The van der Waals surface area contributed by atoms with Gasteiger partial charge in [0.05, 0.1) is 127 Å². The number of rotatable bonds is 16. The molecule has 0 saturated heterocycles. The minimum absolute atomic E-state index is 0.0472. The summed E-state index contributed by atoms with van der Waals surface area (Å²) >= 11 is 40.4. The summed E-state index contributed by atoms with van der Waals surface area (Å²) in [7, 11) is 3.02. The second-order valence-corrected chi connectivity index (χ2v) is 35.8. The number of carboxylic acids is 6. The zero-order chi connectivity index (χ0) is 98.8. The Morgan fingerprint density at radius 1 is 0.338 bits per heavy atom. The van der Waals surface area contributed by atoms with Crippen molar-refractivity contribution in [2.45, 2.75) is 87.7 Å². The van der Waals surface area contributed by atoms with Crippen LogP contribution in [-0.4, -0.2) is 115 Å². The van der Waals surface area contributed by atoms with E-state index in [1.54, 1.807) is 160 Å². The molecule has 136 heavy (non-hydrogen) atoms. The number of benzene rings is 12.